The standard InChI is InChI=1S/C14H16N2O2/c1-16(13-5-3-2-4-12(13)10-15)14(17)11-6-8-18-9-7-11/h2-5,11H,6-9H2,1H3. The fourth-order valence-corrected chi connectivity index (χ4v) is 2.20. The summed E-state index contributed by atoms with van der Waals surface area (Å²) in [6.45, 7) is 1.29. The van der Waals surface area contributed by atoms with Crippen molar-refractivity contribution < 1.29 is 9.53 Å². The van der Waals surface area contributed by atoms with E-state index in [1.54, 1.807) is 30.1 Å². The second-order valence-corrected chi connectivity index (χ2v) is 4.41. The highest BCUT2D eigenvalue weighted by molar-refractivity contribution is 5.95. The van der Waals surface area contributed by atoms with Crippen LogP contribution in [0.2, 0.25) is 0 Å². The lowest BCUT2D eigenvalue weighted by atomic mass is 9.98. The van der Waals surface area contributed by atoms with Gasteiger partial charge < -0.3 is 9.64 Å². The lowest BCUT2D eigenvalue weighted by Gasteiger charge is -2.27. The summed E-state index contributed by atoms with van der Waals surface area (Å²) >= 11 is 0. The highest BCUT2D eigenvalue weighted by Gasteiger charge is 2.26. The number of ether oxygens (including phenoxy) is 1. The third-order valence-electron chi connectivity index (χ3n) is 3.29. The van der Waals surface area contributed by atoms with E-state index in [-0.39, 0.29) is 11.8 Å². The molecule has 4 nitrogen and oxygen atoms in total. The number of rotatable bonds is 2. The number of hydrogen-bond donors (Lipinski definition) is 0. The number of carbonyl (C=O) groups excluding carboxylic acids is 1. The van der Waals surface area contributed by atoms with Gasteiger partial charge >= 0.3 is 0 Å². The lowest BCUT2D eigenvalue weighted by molar-refractivity contribution is -0.124. The van der Waals surface area contributed by atoms with Crippen molar-refractivity contribution in [2.24, 2.45) is 5.92 Å². The Morgan fingerprint density at radius 2 is 2.06 bits per heavy atom. The van der Waals surface area contributed by atoms with Gasteiger partial charge in [0, 0.05) is 26.2 Å². The minimum Gasteiger partial charge on any atom is -0.381 e. The Kier molecular flexibility index (Phi) is 3.96. The highest BCUT2D eigenvalue weighted by Crippen LogP contribution is 2.23. The largest absolute Gasteiger partial charge is 0.381 e. The third kappa shape index (κ3) is 2.52. The summed E-state index contributed by atoms with van der Waals surface area (Å²) in [5.41, 5.74) is 1.21. The van der Waals surface area contributed by atoms with Gasteiger partial charge in [0.2, 0.25) is 5.91 Å². The zero-order valence-electron chi connectivity index (χ0n) is 10.4. The van der Waals surface area contributed by atoms with E-state index in [0.29, 0.717) is 24.5 Å². The first-order chi connectivity index (χ1) is 8.74. The second kappa shape index (κ2) is 5.65. The number of anilines is 1. The topological polar surface area (TPSA) is 53.3 Å². The van der Waals surface area contributed by atoms with Crippen molar-refractivity contribution in [3.05, 3.63) is 29.8 Å². The molecule has 0 spiro atoms. The average molecular weight is 244 g/mol. The Bertz CT molecular complexity index is 473. The van der Waals surface area contributed by atoms with Gasteiger partial charge in [-0.2, -0.15) is 5.26 Å². The Hall–Kier alpha value is -1.86. The van der Waals surface area contributed by atoms with E-state index in [9.17, 15) is 4.79 Å². The monoisotopic (exact) mass is 244 g/mol. The van der Waals surface area contributed by atoms with Crippen LogP contribution in [0.25, 0.3) is 0 Å². The van der Waals surface area contributed by atoms with Gasteiger partial charge in [-0.1, -0.05) is 12.1 Å². The molecule has 0 aromatic heterocycles. The molecule has 0 saturated carbocycles. The van der Waals surface area contributed by atoms with Crippen molar-refractivity contribution >= 4 is 11.6 Å². The third-order valence-corrected chi connectivity index (χ3v) is 3.29. The molecule has 1 aliphatic heterocycles. The van der Waals surface area contributed by atoms with Crippen molar-refractivity contribution in [2.75, 3.05) is 25.2 Å². The molecule has 1 fully saturated rings. The van der Waals surface area contributed by atoms with Gasteiger partial charge in [-0.25, -0.2) is 0 Å². The van der Waals surface area contributed by atoms with E-state index in [1.807, 2.05) is 6.07 Å². The van der Waals surface area contributed by atoms with Crippen LogP contribution in [-0.2, 0) is 9.53 Å². The Morgan fingerprint density at radius 1 is 1.39 bits per heavy atom. The molecule has 4 heteroatoms. The predicted octanol–water partition coefficient (Wildman–Crippen LogP) is 1.95. The molecular weight excluding hydrogens is 228 g/mol. The molecule has 0 N–H and O–H groups in total. The van der Waals surface area contributed by atoms with E-state index < -0.39 is 0 Å². The van der Waals surface area contributed by atoms with Crippen molar-refractivity contribution in [1.29, 1.82) is 5.26 Å². The van der Waals surface area contributed by atoms with E-state index in [4.69, 9.17) is 10.00 Å². The summed E-state index contributed by atoms with van der Waals surface area (Å²) in [6, 6.07) is 9.28. The van der Waals surface area contributed by atoms with Crippen LogP contribution in [0.5, 0.6) is 0 Å². The van der Waals surface area contributed by atoms with E-state index in [2.05, 4.69) is 6.07 Å². The first kappa shape index (κ1) is 12.6. The Labute approximate surface area is 107 Å². The van der Waals surface area contributed by atoms with Gasteiger partial charge in [0.25, 0.3) is 0 Å². The SMILES string of the molecule is CN(C(=O)C1CCOCC1)c1ccccc1C#N. The number of nitrogens with zero attached hydrogens (tertiary/aromatic N) is 2. The van der Waals surface area contributed by atoms with Crippen LogP contribution >= 0.6 is 0 Å². The second-order valence-electron chi connectivity index (χ2n) is 4.41. The van der Waals surface area contributed by atoms with E-state index in [0.717, 1.165) is 12.8 Å². The van der Waals surface area contributed by atoms with Crippen LogP contribution in [0.1, 0.15) is 18.4 Å². The maximum atomic E-state index is 12.3. The van der Waals surface area contributed by atoms with Gasteiger partial charge in [-0.15, -0.1) is 0 Å². The average Bonchev–Trinajstić information content (AvgIpc) is 2.46. The molecule has 0 bridgehead atoms. The van der Waals surface area contributed by atoms with Gasteiger partial charge in [-0.05, 0) is 25.0 Å². The maximum absolute atomic E-state index is 12.3. The molecule has 1 aliphatic rings. The molecule has 1 amide bonds. The number of nitriles is 1. The number of hydrogen-bond acceptors (Lipinski definition) is 3. The smallest absolute Gasteiger partial charge is 0.230 e. The Morgan fingerprint density at radius 3 is 2.72 bits per heavy atom. The number of amides is 1. The molecule has 2 rings (SSSR count). The zero-order chi connectivity index (χ0) is 13.0. The fourth-order valence-electron chi connectivity index (χ4n) is 2.20. The summed E-state index contributed by atoms with van der Waals surface area (Å²) in [4.78, 5) is 13.9. The van der Waals surface area contributed by atoms with Crippen LogP contribution in [-0.4, -0.2) is 26.2 Å². The maximum Gasteiger partial charge on any atom is 0.230 e. The van der Waals surface area contributed by atoms with Crippen LogP contribution in [0.15, 0.2) is 24.3 Å². The lowest BCUT2D eigenvalue weighted by Crippen LogP contribution is -2.36. The molecule has 0 atom stereocenters. The molecule has 18 heavy (non-hydrogen) atoms. The van der Waals surface area contributed by atoms with Crippen LogP contribution in [0.4, 0.5) is 5.69 Å². The minimum absolute atomic E-state index is 0.00972. The van der Waals surface area contributed by atoms with Crippen LogP contribution in [0, 0.1) is 17.2 Å². The number of para-hydroxylation sites is 1. The number of carbonyl (C=O) groups is 1. The van der Waals surface area contributed by atoms with Crippen molar-refractivity contribution in [3.63, 3.8) is 0 Å². The summed E-state index contributed by atoms with van der Waals surface area (Å²) < 4.78 is 5.26. The highest BCUT2D eigenvalue weighted by atomic mass is 16.5. The summed E-state index contributed by atoms with van der Waals surface area (Å²) in [5.74, 6) is 0.0801. The summed E-state index contributed by atoms with van der Waals surface area (Å²) in [6.07, 6.45) is 1.52. The molecule has 1 saturated heterocycles. The van der Waals surface area contributed by atoms with Crippen molar-refractivity contribution in [1.82, 2.24) is 0 Å². The first-order valence-electron chi connectivity index (χ1n) is 6.08. The molecule has 0 unspecified atom stereocenters. The quantitative estimate of drug-likeness (QED) is 0.799. The predicted molar refractivity (Wildman–Crippen MR) is 68.1 cm³/mol. The van der Waals surface area contributed by atoms with Crippen molar-refractivity contribution in [3.8, 4) is 6.07 Å². The zero-order valence-corrected chi connectivity index (χ0v) is 10.4. The molecule has 0 aliphatic carbocycles. The van der Waals surface area contributed by atoms with E-state index in [1.165, 1.54) is 0 Å². The summed E-state index contributed by atoms with van der Waals surface area (Å²) in [7, 11) is 1.73. The first-order valence-corrected chi connectivity index (χ1v) is 6.08. The number of benzene rings is 1. The molecule has 1 aromatic carbocycles. The van der Waals surface area contributed by atoms with E-state index >= 15 is 0 Å². The van der Waals surface area contributed by atoms with Crippen LogP contribution < -0.4 is 4.90 Å². The van der Waals surface area contributed by atoms with Gasteiger partial charge in [-0.3, -0.25) is 4.79 Å². The van der Waals surface area contributed by atoms with Gasteiger partial charge in [0.1, 0.15) is 6.07 Å². The Balaban J connectivity index is 2.17. The van der Waals surface area contributed by atoms with Gasteiger partial charge in [0.05, 0.1) is 11.3 Å². The molecule has 1 aromatic rings. The molecule has 1 heterocycles. The minimum atomic E-state index is 0.00972. The van der Waals surface area contributed by atoms with Crippen LogP contribution in [0.3, 0.4) is 0 Å². The molecular formula is C14H16N2O2. The molecule has 94 valence electrons. The fraction of sp³-hybridized carbons (Fsp3) is 0.429. The summed E-state index contributed by atoms with van der Waals surface area (Å²) in [5, 5.41) is 9.05. The van der Waals surface area contributed by atoms with Crippen molar-refractivity contribution in [2.45, 2.75) is 12.8 Å². The molecule has 0 radical (unpaired) electrons. The van der Waals surface area contributed by atoms with Gasteiger partial charge in [0.15, 0.2) is 0 Å². The normalized spacial score (nSPS) is 16.0.